The highest BCUT2D eigenvalue weighted by Crippen LogP contribution is 2.14. The minimum Gasteiger partial charge on any atom is -0.308 e. The third kappa shape index (κ3) is 3.80. The second-order valence-electron chi connectivity index (χ2n) is 3.56. The van der Waals surface area contributed by atoms with Gasteiger partial charge in [0.1, 0.15) is 5.82 Å². The van der Waals surface area contributed by atoms with Crippen molar-refractivity contribution in [3.63, 3.8) is 0 Å². The lowest BCUT2D eigenvalue weighted by molar-refractivity contribution is 0.523. The molecule has 0 aliphatic rings. The fourth-order valence-electron chi connectivity index (χ4n) is 1.46. The van der Waals surface area contributed by atoms with Gasteiger partial charge >= 0.3 is 0 Å². The number of rotatable bonds is 6. The fourth-order valence-corrected chi connectivity index (χ4v) is 1.46. The molecule has 0 amide bonds. The highest BCUT2D eigenvalue weighted by Gasteiger charge is 2.09. The Labute approximate surface area is 91.7 Å². The molecule has 0 radical (unpaired) electrons. The van der Waals surface area contributed by atoms with Gasteiger partial charge in [0.15, 0.2) is 0 Å². The summed E-state index contributed by atoms with van der Waals surface area (Å²) < 4.78 is 0. The maximum Gasteiger partial charge on any atom is 0.125 e. The topological polar surface area (TPSA) is 37.8 Å². The zero-order chi connectivity index (χ0) is 11.1. The van der Waals surface area contributed by atoms with Gasteiger partial charge in [-0.3, -0.25) is 0 Å². The molecule has 82 valence electrons. The number of hydrogen-bond acceptors (Lipinski definition) is 3. The van der Waals surface area contributed by atoms with E-state index in [-0.39, 0.29) is 6.04 Å². The summed E-state index contributed by atoms with van der Waals surface area (Å²) in [4.78, 5) is 8.52. The molecule has 0 aliphatic heterocycles. The van der Waals surface area contributed by atoms with Crippen LogP contribution < -0.4 is 5.32 Å². The monoisotopic (exact) mass is 205 g/mol. The first kappa shape index (κ1) is 11.9. The van der Waals surface area contributed by atoms with Gasteiger partial charge in [0.2, 0.25) is 0 Å². The Kier molecular flexibility index (Phi) is 4.98. The molecule has 1 atom stereocenters. The van der Waals surface area contributed by atoms with Gasteiger partial charge in [-0.2, -0.15) is 0 Å². The second kappa shape index (κ2) is 6.30. The van der Waals surface area contributed by atoms with E-state index in [2.05, 4.69) is 28.8 Å². The SMILES string of the molecule is C=CCC(NCCC)c1ccnc(C)n1. The van der Waals surface area contributed by atoms with Gasteiger partial charge < -0.3 is 5.32 Å². The average Bonchev–Trinajstić information content (AvgIpc) is 2.24. The van der Waals surface area contributed by atoms with Crippen LogP contribution in [-0.2, 0) is 0 Å². The summed E-state index contributed by atoms with van der Waals surface area (Å²) in [5, 5.41) is 3.45. The van der Waals surface area contributed by atoms with Crippen molar-refractivity contribution in [3.05, 3.63) is 36.4 Å². The van der Waals surface area contributed by atoms with Crippen molar-refractivity contribution < 1.29 is 0 Å². The number of nitrogens with one attached hydrogen (secondary N) is 1. The zero-order valence-corrected chi connectivity index (χ0v) is 9.53. The van der Waals surface area contributed by atoms with Crippen LogP contribution in [0.5, 0.6) is 0 Å². The molecule has 0 spiro atoms. The van der Waals surface area contributed by atoms with E-state index in [9.17, 15) is 0 Å². The summed E-state index contributed by atoms with van der Waals surface area (Å²) in [5.41, 5.74) is 1.05. The third-order valence-electron chi connectivity index (χ3n) is 2.20. The van der Waals surface area contributed by atoms with E-state index in [0.717, 1.165) is 30.9 Å². The van der Waals surface area contributed by atoms with E-state index in [0.29, 0.717) is 0 Å². The van der Waals surface area contributed by atoms with Crippen LogP contribution in [0.25, 0.3) is 0 Å². The molecule has 0 aromatic carbocycles. The van der Waals surface area contributed by atoms with E-state index in [1.54, 1.807) is 6.20 Å². The van der Waals surface area contributed by atoms with Crippen molar-refractivity contribution in [1.82, 2.24) is 15.3 Å². The number of aromatic nitrogens is 2. The molecule has 1 rings (SSSR count). The average molecular weight is 205 g/mol. The van der Waals surface area contributed by atoms with Crippen LogP contribution >= 0.6 is 0 Å². The van der Waals surface area contributed by atoms with Crippen LogP contribution in [0.15, 0.2) is 24.9 Å². The van der Waals surface area contributed by atoms with E-state index in [4.69, 9.17) is 0 Å². The van der Waals surface area contributed by atoms with Gasteiger partial charge in [0.05, 0.1) is 11.7 Å². The van der Waals surface area contributed by atoms with Crippen molar-refractivity contribution in [1.29, 1.82) is 0 Å². The van der Waals surface area contributed by atoms with E-state index >= 15 is 0 Å². The molecule has 3 nitrogen and oxygen atoms in total. The summed E-state index contributed by atoms with van der Waals surface area (Å²) >= 11 is 0. The summed E-state index contributed by atoms with van der Waals surface area (Å²) in [5.74, 6) is 0.819. The third-order valence-corrected chi connectivity index (χ3v) is 2.20. The Morgan fingerprint density at radius 1 is 1.60 bits per heavy atom. The van der Waals surface area contributed by atoms with Crippen LogP contribution in [-0.4, -0.2) is 16.5 Å². The Bertz CT molecular complexity index is 309. The summed E-state index contributed by atoms with van der Waals surface area (Å²) in [7, 11) is 0. The van der Waals surface area contributed by atoms with Gasteiger partial charge in [-0.15, -0.1) is 6.58 Å². The Hall–Kier alpha value is -1.22. The van der Waals surface area contributed by atoms with Gasteiger partial charge in [0, 0.05) is 6.20 Å². The molecule has 0 saturated carbocycles. The molecule has 1 aromatic heterocycles. The standard InChI is InChI=1S/C12H19N3/c1-4-6-11(14-8-5-2)12-7-9-13-10(3)15-12/h4,7,9,11,14H,1,5-6,8H2,2-3H3. The van der Waals surface area contributed by atoms with Crippen molar-refractivity contribution in [2.24, 2.45) is 0 Å². The predicted octanol–water partition coefficient (Wildman–Crippen LogP) is 2.40. The maximum absolute atomic E-state index is 4.42. The molecule has 1 aromatic rings. The lowest BCUT2D eigenvalue weighted by Crippen LogP contribution is -2.22. The largest absolute Gasteiger partial charge is 0.308 e. The highest BCUT2D eigenvalue weighted by atomic mass is 15.0. The first-order valence-electron chi connectivity index (χ1n) is 5.41. The number of aryl methyl sites for hydroxylation is 1. The molecular formula is C12H19N3. The predicted molar refractivity (Wildman–Crippen MR) is 62.6 cm³/mol. The van der Waals surface area contributed by atoms with Crippen molar-refractivity contribution in [2.45, 2.75) is 32.7 Å². The molecule has 15 heavy (non-hydrogen) atoms. The molecule has 1 unspecified atom stereocenters. The molecule has 0 aliphatic carbocycles. The number of hydrogen-bond donors (Lipinski definition) is 1. The lowest BCUT2D eigenvalue weighted by atomic mass is 10.1. The van der Waals surface area contributed by atoms with Crippen LogP contribution in [0.3, 0.4) is 0 Å². The fraction of sp³-hybridized carbons (Fsp3) is 0.500. The smallest absolute Gasteiger partial charge is 0.125 e. The molecule has 1 heterocycles. The van der Waals surface area contributed by atoms with Gasteiger partial charge in [-0.25, -0.2) is 9.97 Å². The normalized spacial score (nSPS) is 12.4. The maximum atomic E-state index is 4.42. The molecule has 0 fully saturated rings. The van der Waals surface area contributed by atoms with Gasteiger partial charge in [0.25, 0.3) is 0 Å². The highest BCUT2D eigenvalue weighted by molar-refractivity contribution is 5.08. The van der Waals surface area contributed by atoms with Crippen LogP contribution in [0.2, 0.25) is 0 Å². The first-order valence-corrected chi connectivity index (χ1v) is 5.41. The quantitative estimate of drug-likeness (QED) is 0.725. The second-order valence-corrected chi connectivity index (χ2v) is 3.56. The van der Waals surface area contributed by atoms with E-state index < -0.39 is 0 Å². The number of nitrogens with zero attached hydrogens (tertiary/aromatic N) is 2. The van der Waals surface area contributed by atoms with Gasteiger partial charge in [-0.1, -0.05) is 13.0 Å². The summed E-state index contributed by atoms with van der Waals surface area (Å²) in [6.45, 7) is 8.84. The van der Waals surface area contributed by atoms with E-state index in [1.165, 1.54) is 0 Å². The molecule has 3 heteroatoms. The van der Waals surface area contributed by atoms with Crippen molar-refractivity contribution >= 4 is 0 Å². The minimum absolute atomic E-state index is 0.268. The van der Waals surface area contributed by atoms with Crippen molar-refractivity contribution in [2.75, 3.05) is 6.54 Å². The van der Waals surface area contributed by atoms with Crippen molar-refractivity contribution in [3.8, 4) is 0 Å². The summed E-state index contributed by atoms with van der Waals surface area (Å²) in [6.07, 6.45) is 5.75. The van der Waals surface area contributed by atoms with Crippen LogP contribution in [0, 0.1) is 6.92 Å². The Balaban J connectivity index is 2.73. The summed E-state index contributed by atoms with van der Waals surface area (Å²) in [6, 6.07) is 2.23. The van der Waals surface area contributed by atoms with Gasteiger partial charge in [-0.05, 0) is 32.4 Å². The minimum atomic E-state index is 0.268. The molecule has 0 saturated heterocycles. The first-order chi connectivity index (χ1) is 7.27. The van der Waals surface area contributed by atoms with Crippen LogP contribution in [0.4, 0.5) is 0 Å². The molecule has 0 bridgehead atoms. The van der Waals surface area contributed by atoms with Crippen LogP contribution in [0.1, 0.15) is 37.3 Å². The van der Waals surface area contributed by atoms with E-state index in [1.807, 2.05) is 19.1 Å². The molecule has 1 N–H and O–H groups in total. The Morgan fingerprint density at radius 2 is 2.40 bits per heavy atom. The zero-order valence-electron chi connectivity index (χ0n) is 9.53. The Morgan fingerprint density at radius 3 is 3.00 bits per heavy atom. The molecular weight excluding hydrogens is 186 g/mol. The lowest BCUT2D eigenvalue weighted by Gasteiger charge is -2.16.